The first-order valence-electron chi connectivity index (χ1n) is 16.1. The number of carbonyl (C=O) groups is 3. The van der Waals surface area contributed by atoms with Gasteiger partial charge in [-0.1, -0.05) is 45.1 Å². The number of nitrogens with one attached hydrogen (secondary N) is 1. The molecule has 0 radical (unpaired) electrons. The molecule has 12 heteroatoms. The van der Waals surface area contributed by atoms with Crippen LogP contribution < -0.4 is 5.32 Å². The summed E-state index contributed by atoms with van der Waals surface area (Å²) < 4.78 is 29.4. The van der Waals surface area contributed by atoms with Gasteiger partial charge in [0.25, 0.3) is 6.47 Å². The second-order valence-corrected chi connectivity index (χ2v) is 12.9. The molecule has 0 saturated carbocycles. The number of cyclic esters (lactones) is 1. The predicted molar refractivity (Wildman–Crippen MR) is 171 cm³/mol. The molecule has 2 saturated heterocycles. The van der Waals surface area contributed by atoms with Gasteiger partial charge < -0.3 is 44.3 Å². The van der Waals surface area contributed by atoms with E-state index in [0.717, 1.165) is 18.5 Å². The maximum Gasteiger partial charge on any atom is 0.309 e. The maximum atomic E-state index is 12.8. The summed E-state index contributed by atoms with van der Waals surface area (Å²) in [4.78, 5) is 32.9. The van der Waals surface area contributed by atoms with E-state index in [-0.39, 0.29) is 61.9 Å². The lowest BCUT2D eigenvalue weighted by molar-refractivity contribution is -0.157. The molecule has 4 N–H and O–H groups in total. The number of aliphatic hydroxyl groups is 2. The van der Waals surface area contributed by atoms with Crippen molar-refractivity contribution in [3.05, 3.63) is 36.0 Å². The van der Waals surface area contributed by atoms with Crippen molar-refractivity contribution in [3.8, 4) is 0 Å². The first-order valence-corrected chi connectivity index (χ1v) is 16.1. The van der Waals surface area contributed by atoms with E-state index in [1.165, 1.54) is 6.92 Å². The van der Waals surface area contributed by atoms with Crippen LogP contribution in [0.4, 0.5) is 0 Å². The Kier molecular flexibility index (Phi) is 15.5. The van der Waals surface area contributed by atoms with Crippen molar-refractivity contribution in [2.45, 2.75) is 128 Å². The van der Waals surface area contributed by atoms with Crippen LogP contribution in [0, 0.1) is 11.8 Å². The fourth-order valence-corrected chi connectivity index (χ4v) is 6.28. The van der Waals surface area contributed by atoms with Gasteiger partial charge in [0.1, 0.15) is 29.5 Å². The molecular formula is C34H55NO11. The van der Waals surface area contributed by atoms with E-state index < -0.39 is 41.5 Å². The summed E-state index contributed by atoms with van der Waals surface area (Å²) in [5.41, 5.74) is -1.25. The molecule has 0 spiro atoms. The number of carboxylic acid groups (broad SMARTS) is 1. The highest BCUT2D eigenvalue weighted by atomic mass is 16.6. The summed E-state index contributed by atoms with van der Waals surface area (Å²) >= 11 is 0. The van der Waals surface area contributed by atoms with Gasteiger partial charge in [-0.3, -0.25) is 14.4 Å². The Labute approximate surface area is 273 Å². The largest absolute Gasteiger partial charge is 0.483 e. The highest BCUT2D eigenvalue weighted by molar-refractivity contribution is 5.70. The average molecular weight is 654 g/mol. The first-order chi connectivity index (χ1) is 21.6. The standard InChI is InChI=1S/C33H53NO9.CH2O2/c1-9-25(39-8)22(4)29-30(43-29)31-33(7,40-18-17-34-31)15-10-11-20(2)28-21(3)12-13-26(41-23(5)35)32(6,38)16-14-24(36)19-27(37)42-28;2-1-3/h10-13,15,21-22,24-26,28-31,34,36,38H,9,14,16-19H2,1-8H3;1H,(H,2,3)/b13-12+,15-10+,20-11+;/t21-,22+,24+,25-,26-,28-,29+,30+,31?,32+,33?;/m0./s1. The average Bonchev–Trinajstić information content (AvgIpc) is 3.78. The van der Waals surface area contributed by atoms with Crippen molar-refractivity contribution in [3.63, 3.8) is 0 Å². The molecule has 46 heavy (non-hydrogen) atoms. The highest BCUT2D eigenvalue weighted by Crippen LogP contribution is 2.40. The van der Waals surface area contributed by atoms with Crippen LogP contribution in [-0.4, -0.2) is 108 Å². The lowest BCUT2D eigenvalue weighted by Gasteiger charge is -2.39. The molecule has 12 nitrogen and oxygen atoms in total. The van der Waals surface area contributed by atoms with Crippen molar-refractivity contribution in [2.24, 2.45) is 11.8 Å². The molecule has 0 aliphatic carbocycles. The monoisotopic (exact) mass is 653 g/mol. The maximum absolute atomic E-state index is 12.8. The third-order valence-electron chi connectivity index (χ3n) is 9.05. The zero-order chi connectivity index (χ0) is 34.7. The van der Waals surface area contributed by atoms with Gasteiger partial charge in [0.05, 0.1) is 37.4 Å². The number of esters is 2. The van der Waals surface area contributed by atoms with Crippen molar-refractivity contribution < 1.29 is 53.4 Å². The number of morpholine rings is 1. The molecule has 2 unspecified atom stereocenters. The van der Waals surface area contributed by atoms with E-state index >= 15 is 0 Å². The highest BCUT2D eigenvalue weighted by Gasteiger charge is 2.55. The zero-order valence-electron chi connectivity index (χ0n) is 28.5. The quantitative estimate of drug-likeness (QED) is 0.0943. The number of aliphatic hydroxyl groups excluding tert-OH is 1. The van der Waals surface area contributed by atoms with Gasteiger partial charge in [-0.05, 0) is 51.7 Å². The van der Waals surface area contributed by atoms with Gasteiger partial charge >= 0.3 is 11.9 Å². The second-order valence-electron chi connectivity index (χ2n) is 12.9. The third kappa shape index (κ3) is 11.3. The molecule has 2 fully saturated rings. The fourth-order valence-electron chi connectivity index (χ4n) is 6.28. The summed E-state index contributed by atoms with van der Waals surface area (Å²) in [7, 11) is 1.74. The molecule has 3 heterocycles. The number of epoxide rings is 1. The minimum atomic E-state index is -1.42. The summed E-state index contributed by atoms with van der Waals surface area (Å²) in [5, 5.41) is 32.0. The Hall–Kier alpha value is -2.61. The Morgan fingerprint density at radius 2 is 1.93 bits per heavy atom. The third-order valence-corrected chi connectivity index (χ3v) is 9.05. The van der Waals surface area contributed by atoms with Crippen LogP contribution in [0.15, 0.2) is 36.0 Å². The SMILES string of the molecule is CC[C@H](OC)[C@@H](C)[C@H]1O[C@H]1C1NCCOC1(C)/C=C/C=C(\C)[C@@H]1OC(=O)C[C@H](O)CC[C@@](C)(O)[C@@H](OC(C)=O)/C=C/[C@@H]1C.O=CO. The Morgan fingerprint density at radius 3 is 2.54 bits per heavy atom. The number of hydrogen-bond acceptors (Lipinski definition) is 11. The van der Waals surface area contributed by atoms with E-state index in [2.05, 4.69) is 19.2 Å². The minimum Gasteiger partial charge on any atom is -0.483 e. The van der Waals surface area contributed by atoms with Crippen LogP contribution in [-0.2, 0) is 38.1 Å². The van der Waals surface area contributed by atoms with Crippen LogP contribution in [0.25, 0.3) is 0 Å². The van der Waals surface area contributed by atoms with Gasteiger partial charge in [-0.25, -0.2) is 0 Å². The van der Waals surface area contributed by atoms with Crippen molar-refractivity contribution in [1.29, 1.82) is 0 Å². The number of allylic oxidation sites excluding steroid dienone is 2. The van der Waals surface area contributed by atoms with E-state index in [1.807, 2.05) is 39.0 Å². The summed E-state index contributed by atoms with van der Waals surface area (Å²) in [6.07, 6.45) is 7.93. The Balaban J connectivity index is 0.00000236. The summed E-state index contributed by atoms with van der Waals surface area (Å²) in [6, 6.07) is -0.0402. The number of methoxy groups -OCH3 is 1. The molecule has 11 atom stereocenters. The number of rotatable bonds is 9. The van der Waals surface area contributed by atoms with Gasteiger partial charge in [-0.15, -0.1) is 0 Å². The van der Waals surface area contributed by atoms with Crippen molar-refractivity contribution in [2.75, 3.05) is 20.3 Å². The van der Waals surface area contributed by atoms with E-state index in [0.29, 0.717) is 6.61 Å². The second kappa shape index (κ2) is 18.1. The molecule has 262 valence electrons. The van der Waals surface area contributed by atoms with E-state index in [1.54, 1.807) is 26.2 Å². The van der Waals surface area contributed by atoms with E-state index in [4.69, 9.17) is 33.6 Å². The van der Waals surface area contributed by atoms with Gasteiger partial charge in [-0.2, -0.15) is 0 Å². The smallest absolute Gasteiger partial charge is 0.309 e. The topological polar surface area (TPSA) is 173 Å². The van der Waals surface area contributed by atoms with E-state index in [9.17, 15) is 19.8 Å². The molecule has 0 amide bonds. The normalized spacial score (nSPS) is 37.7. The minimum absolute atomic E-state index is 0.00505. The van der Waals surface area contributed by atoms with Crippen LogP contribution in [0.2, 0.25) is 0 Å². The lowest BCUT2D eigenvalue weighted by atomic mass is 9.86. The molecule has 0 aromatic carbocycles. The van der Waals surface area contributed by atoms with Crippen molar-refractivity contribution >= 4 is 18.4 Å². The molecule has 0 aromatic rings. The molecular weight excluding hydrogens is 598 g/mol. The fraction of sp³-hybridized carbons (Fsp3) is 0.735. The number of carbonyl (C=O) groups excluding carboxylic acids is 2. The van der Waals surface area contributed by atoms with Gasteiger partial charge in [0, 0.05) is 32.4 Å². The van der Waals surface area contributed by atoms with Crippen LogP contribution >= 0.6 is 0 Å². The molecule has 0 bridgehead atoms. The molecule has 3 aliphatic rings. The molecule has 3 aliphatic heterocycles. The van der Waals surface area contributed by atoms with Crippen LogP contribution in [0.5, 0.6) is 0 Å². The number of hydrogen-bond donors (Lipinski definition) is 4. The zero-order valence-corrected chi connectivity index (χ0v) is 28.5. The van der Waals surface area contributed by atoms with Crippen LogP contribution in [0.3, 0.4) is 0 Å². The van der Waals surface area contributed by atoms with Gasteiger partial charge in [0.15, 0.2) is 0 Å². The summed E-state index contributed by atoms with van der Waals surface area (Å²) in [5.74, 6) is -1.10. The lowest BCUT2D eigenvalue weighted by Crippen LogP contribution is -2.58. The first kappa shape index (κ1) is 39.6. The van der Waals surface area contributed by atoms with Crippen LogP contribution in [0.1, 0.15) is 74.1 Å². The molecule has 0 aromatic heterocycles. The predicted octanol–water partition coefficient (Wildman–Crippen LogP) is 3.10. The number of ether oxygens (including phenoxy) is 5. The summed E-state index contributed by atoms with van der Waals surface area (Å²) in [6.45, 7) is 14.0. The Morgan fingerprint density at radius 1 is 1.26 bits per heavy atom. The van der Waals surface area contributed by atoms with Crippen molar-refractivity contribution in [1.82, 2.24) is 5.32 Å². The molecule has 3 rings (SSSR count). The Bertz CT molecular complexity index is 1080. The van der Waals surface area contributed by atoms with Gasteiger partial charge in [0.2, 0.25) is 0 Å².